The van der Waals surface area contributed by atoms with Gasteiger partial charge in [0.1, 0.15) is 0 Å². The summed E-state index contributed by atoms with van der Waals surface area (Å²) in [6, 6.07) is 0. The second-order valence-corrected chi connectivity index (χ2v) is 7.61. The minimum absolute atomic E-state index is 0.444. The maximum absolute atomic E-state index is 2.46. The zero-order valence-corrected chi connectivity index (χ0v) is 13.4. The second kappa shape index (κ2) is 6.61. The lowest BCUT2D eigenvalue weighted by atomic mass is 9.68. The molecule has 0 saturated carbocycles. The molecule has 0 aromatic rings. The normalized spacial score (nSPS) is 25.2. The third kappa shape index (κ3) is 6.29. The Hall–Kier alpha value is -0.260. The van der Waals surface area contributed by atoms with Crippen molar-refractivity contribution in [2.45, 2.75) is 74.7 Å². The summed E-state index contributed by atoms with van der Waals surface area (Å²) < 4.78 is 0. The standard InChI is InChI=1S/C14H26.C3H8/c1-13(2,3)11-7-9-12(10-8-11)14(4,5)6;1-3-2/h7,9,11-12H,8,10H2,1-6H3;3H2,1-2H3. The van der Waals surface area contributed by atoms with Gasteiger partial charge in [0, 0.05) is 0 Å². The van der Waals surface area contributed by atoms with E-state index in [1.807, 2.05) is 0 Å². The van der Waals surface area contributed by atoms with Crippen molar-refractivity contribution < 1.29 is 0 Å². The average molecular weight is 238 g/mol. The fourth-order valence-electron chi connectivity index (χ4n) is 2.26. The van der Waals surface area contributed by atoms with Gasteiger partial charge in [0.15, 0.2) is 0 Å². The molecule has 0 aliphatic heterocycles. The fraction of sp³-hybridized carbons (Fsp3) is 0.882. The fourth-order valence-corrected chi connectivity index (χ4v) is 2.26. The predicted octanol–water partition coefficient (Wildman–Crippen LogP) is 6.08. The van der Waals surface area contributed by atoms with Crippen molar-refractivity contribution in [2.75, 3.05) is 0 Å². The first-order chi connectivity index (χ1) is 7.62. The molecule has 102 valence electrons. The van der Waals surface area contributed by atoms with Gasteiger partial charge in [0.05, 0.1) is 0 Å². The topological polar surface area (TPSA) is 0 Å². The highest BCUT2D eigenvalue weighted by Crippen LogP contribution is 2.40. The van der Waals surface area contributed by atoms with Crippen LogP contribution >= 0.6 is 0 Å². The third-order valence-electron chi connectivity index (χ3n) is 3.59. The first-order valence-corrected chi connectivity index (χ1v) is 7.31. The van der Waals surface area contributed by atoms with Gasteiger partial charge in [0.2, 0.25) is 0 Å². The lowest BCUT2D eigenvalue weighted by molar-refractivity contribution is 0.203. The minimum atomic E-state index is 0.444. The van der Waals surface area contributed by atoms with E-state index in [0.717, 1.165) is 11.8 Å². The summed E-state index contributed by atoms with van der Waals surface area (Å²) in [5, 5.41) is 0. The monoisotopic (exact) mass is 238 g/mol. The Labute approximate surface area is 110 Å². The number of allylic oxidation sites excluding steroid dienone is 2. The van der Waals surface area contributed by atoms with E-state index in [0.29, 0.717) is 10.8 Å². The minimum Gasteiger partial charge on any atom is -0.0846 e. The van der Waals surface area contributed by atoms with Gasteiger partial charge in [-0.05, 0) is 35.5 Å². The van der Waals surface area contributed by atoms with Crippen molar-refractivity contribution in [2.24, 2.45) is 22.7 Å². The van der Waals surface area contributed by atoms with Crippen LogP contribution in [-0.4, -0.2) is 0 Å². The molecule has 0 fully saturated rings. The van der Waals surface area contributed by atoms with E-state index in [4.69, 9.17) is 0 Å². The second-order valence-electron chi connectivity index (χ2n) is 7.61. The van der Waals surface area contributed by atoms with Crippen LogP contribution in [0.1, 0.15) is 74.7 Å². The van der Waals surface area contributed by atoms with Crippen LogP contribution in [0.25, 0.3) is 0 Å². The van der Waals surface area contributed by atoms with Gasteiger partial charge >= 0.3 is 0 Å². The first kappa shape index (κ1) is 16.7. The molecule has 0 bridgehead atoms. The van der Waals surface area contributed by atoms with Crippen molar-refractivity contribution in [1.82, 2.24) is 0 Å². The summed E-state index contributed by atoms with van der Waals surface area (Å²) >= 11 is 0. The van der Waals surface area contributed by atoms with Crippen LogP contribution < -0.4 is 0 Å². The first-order valence-electron chi connectivity index (χ1n) is 7.31. The van der Waals surface area contributed by atoms with Crippen LogP contribution in [0.3, 0.4) is 0 Å². The Morgan fingerprint density at radius 1 is 0.765 bits per heavy atom. The molecule has 0 amide bonds. The molecule has 0 aromatic heterocycles. The average Bonchev–Trinajstić information content (AvgIpc) is 2.16. The summed E-state index contributed by atoms with van der Waals surface area (Å²) in [5.74, 6) is 1.56. The van der Waals surface area contributed by atoms with Gasteiger partial charge in [-0.1, -0.05) is 74.0 Å². The predicted molar refractivity (Wildman–Crippen MR) is 80.2 cm³/mol. The zero-order chi connectivity index (χ0) is 13.7. The molecule has 0 saturated heterocycles. The Morgan fingerprint density at radius 2 is 1.00 bits per heavy atom. The number of hydrogen-bond acceptors (Lipinski definition) is 0. The molecule has 2 unspecified atom stereocenters. The molecule has 0 nitrogen and oxygen atoms in total. The molecule has 0 aromatic carbocycles. The molecule has 0 spiro atoms. The van der Waals surface area contributed by atoms with Crippen LogP contribution in [0, 0.1) is 22.7 Å². The molecule has 1 aliphatic carbocycles. The van der Waals surface area contributed by atoms with E-state index < -0.39 is 0 Å². The van der Waals surface area contributed by atoms with Crippen molar-refractivity contribution >= 4 is 0 Å². The number of rotatable bonds is 0. The Bertz CT molecular complexity index is 197. The van der Waals surface area contributed by atoms with Gasteiger partial charge in [-0.2, -0.15) is 0 Å². The van der Waals surface area contributed by atoms with Crippen molar-refractivity contribution in [3.05, 3.63) is 12.2 Å². The quantitative estimate of drug-likeness (QED) is 0.449. The van der Waals surface area contributed by atoms with Gasteiger partial charge < -0.3 is 0 Å². The number of hydrogen-bond donors (Lipinski definition) is 0. The highest BCUT2D eigenvalue weighted by molar-refractivity contribution is 5.04. The molecule has 1 rings (SSSR count). The van der Waals surface area contributed by atoms with Gasteiger partial charge in [0.25, 0.3) is 0 Å². The maximum atomic E-state index is 2.46. The lowest BCUT2D eigenvalue weighted by Crippen LogP contribution is -2.27. The largest absolute Gasteiger partial charge is 0.0846 e. The van der Waals surface area contributed by atoms with Crippen molar-refractivity contribution in [3.8, 4) is 0 Å². The van der Waals surface area contributed by atoms with E-state index in [1.54, 1.807) is 0 Å². The molecule has 0 heterocycles. The molecule has 0 N–H and O–H groups in total. The Balaban J connectivity index is 0.000000770. The summed E-state index contributed by atoms with van der Waals surface area (Å²) in [7, 11) is 0. The van der Waals surface area contributed by atoms with E-state index in [1.165, 1.54) is 19.3 Å². The van der Waals surface area contributed by atoms with Crippen molar-refractivity contribution in [3.63, 3.8) is 0 Å². The molecule has 2 atom stereocenters. The van der Waals surface area contributed by atoms with E-state index in [2.05, 4.69) is 67.5 Å². The maximum Gasteiger partial charge on any atom is -0.0184 e. The molecule has 17 heavy (non-hydrogen) atoms. The van der Waals surface area contributed by atoms with Crippen molar-refractivity contribution in [1.29, 1.82) is 0 Å². The van der Waals surface area contributed by atoms with Gasteiger partial charge in [-0.15, -0.1) is 0 Å². The highest BCUT2D eigenvalue weighted by atomic mass is 14.3. The van der Waals surface area contributed by atoms with Crippen LogP contribution in [0.4, 0.5) is 0 Å². The lowest BCUT2D eigenvalue weighted by Gasteiger charge is -2.37. The van der Waals surface area contributed by atoms with E-state index >= 15 is 0 Å². The van der Waals surface area contributed by atoms with Crippen LogP contribution in [0.5, 0.6) is 0 Å². The Kier molecular flexibility index (Phi) is 6.51. The third-order valence-corrected chi connectivity index (χ3v) is 3.59. The van der Waals surface area contributed by atoms with Gasteiger partial charge in [-0.3, -0.25) is 0 Å². The van der Waals surface area contributed by atoms with Gasteiger partial charge in [-0.25, -0.2) is 0 Å². The molecular formula is C17H34. The zero-order valence-electron chi connectivity index (χ0n) is 13.4. The Morgan fingerprint density at radius 3 is 1.12 bits per heavy atom. The van der Waals surface area contributed by atoms with Crippen LogP contribution in [0.2, 0.25) is 0 Å². The SMILES string of the molecule is CC(C)(C)C1C=CC(C(C)(C)C)CC1.CCC. The summed E-state index contributed by atoms with van der Waals surface area (Å²) in [6.45, 7) is 18.3. The molecular weight excluding hydrogens is 204 g/mol. The summed E-state index contributed by atoms with van der Waals surface area (Å²) in [6.07, 6.45) is 8.89. The van der Waals surface area contributed by atoms with E-state index in [-0.39, 0.29) is 0 Å². The summed E-state index contributed by atoms with van der Waals surface area (Å²) in [4.78, 5) is 0. The molecule has 0 radical (unpaired) electrons. The highest BCUT2D eigenvalue weighted by Gasteiger charge is 2.30. The van der Waals surface area contributed by atoms with E-state index in [9.17, 15) is 0 Å². The summed E-state index contributed by atoms with van der Waals surface area (Å²) in [5.41, 5.74) is 0.888. The smallest absolute Gasteiger partial charge is 0.0184 e. The molecule has 0 heteroatoms. The molecule has 1 aliphatic rings. The van der Waals surface area contributed by atoms with Crippen LogP contribution in [0.15, 0.2) is 12.2 Å². The van der Waals surface area contributed by atoms with Crippen LogP contribution in [-0.2, 0) is 0 Å².